The molecule has 0 amide bonds. The van der Waals surface area contributed by atoms with Gasteiger partial charge in [-0.25, -0.2) is 18.2 Å². The van der Waals surface area contributed by atoms with Crippen molar-refractivity contribution in [2.24, 2.45) is 0 Å². The minimum absolute atomic E-state index is 0.162. The van der Waals surface area contributed by atoms with E-state index in [1.165, 1.54) is 6.20 Å². The number of pyridine rings is 1. The Morgan fingerprint density at radius 3 is 2.04 bits per heavy atom. The molecule has 0 unspecified atom stereocenters. The summed E-state index contributed by atoms with van der Waals surface area (Å²) in [6.45, 7) is 6.95. The molecule has 0 saturated heterocycles. The summed E-state index contributed by atoms with van der Waals surface area (Å²) in [7, 11) is -3.68. The Morgan fingerprint density at radius 1 is 0.875 bits per heavy atom. The van der Waals surface area contributed by atoms with E-state index in [4.69, 9.17) is 6.57 Å². The van der Waals surface area contributed by atoms with E-state index in [1.807, 2.05) is 12.1 Å². The van der Waals surface area contributed by atoms with Gasteiger partial charge in [-0.1, -0.05) is 42.5 Å². The Morgan fingerprint density at radius 2 is 1.50 bits per heavy atom. The van der Waals surface area contributed by atoms with Crippen molar-refractivity contribution in [3.8, 4) is 11.1 Å². The predicted molar refractivity (Wildman–Crippen MR) is 93.2 cm³/mol. The molecule has 6 heteroatoms. The zero-order valence-electron chi connectivity index (χ0n) is 12.5. The first-order chi connectivity index (χ1) is 11.6. The van der Waals surface area contributed by atoms with Crippen molar-refractivity contribution in [1.82, 2.24) is 4.98 Å². The van der Waals surface area contributed by atoms with E-state index in [2.05, 4.69) is 14.6 Å². The van der Waals surface area contributed by atoms with E-state index in [0.29, 0.717) is 5.69 Å². The number of nitrogens with zero attached hydrogens (tertiary/aromatic N) is 2. The van der Waals surface area contributed by atoms with Crippen LogP contribution in [-0.2, 0) is 10.0 Å². The van der Waals surface area contributed by atoms with Gasteiger partial charge >= 0.3 is 0 Å². The molecule has 1 heterocycles. The van der Waals surface area contributed by atoms with Gasteiger partial charge in [0.15, 0.2) is 5.69 Å². The van der Waals surface area contributed by atoms with Crippen molar-refractivity contribution in [3.05, 3.63) is 84.3 Å². The highest BCUT2D eigenvalue weighted by atomic mass is 32.2. The lowest BCUT2D eigenvalue weighted by Gasteiger charge is -2.08. The molecule has 118 valence electrons. The monoisotopic (exact) mass is 335 g/mol. The van der Waals surface area contributed by atoms with Crippen LogP contribution in [0.3, 0.4) is 0 Å². The van der Waals surface area contributed by atoms with Crippen molar-refractivity contribution < 1.29 is 8.42 Å². The van der Waals surface area contributed by atoms with Gasteiger partial charge in [0.1, 0.15) is 5.82 Å². The maximum Gasteiger partial charge on any atom is 0.263 e. The zero-order valence-corrected chi connectivity index (χ0v) is 13.4. The molecule has 1 aromatic heterocycles. The Kier molecular flexibility index (Phi) is 4.27. The number of benzene rings is 2. The second-order valence-corrected chi connectivity index (χ2v) is 6.69. The smallest absolute Gasteiger partial charge is 0.263 e. The first-order valence-electron chi connectivity index (χ1n) is 7.10. The average Bonchev–Trinajstić information content (AvgIpc) is 2.62. The summed E-state index contributed by atoms with van der Waals surface area (Å²) >= 11 is 0. The van der Waals surface area contributed by atoms with Crippen molar-refractivity contribution in [2.45, 2.75) is 4.90 Å². The Hall–Kier alpha value is -3.17. The van der Waals surface area contributed by atoms with Crippen molar-refractivity contribution in [2.75, 3.05) is 4.72 Å². The number of hydrogen-bond acceptors (Lipinski definition) is 3. The third-order valence-electron chi connectivity index (χ3n) is 3.40. The Labute approximate surface area is 140 Å². The molecule has 5 nitrogen and oxygen atoms in total. The highest BCUT2D eigenvalue weighted by Crippen LogP contribution is 2.24. The fraction of sp³-hybridized carbons (Fsp3) is 0. The van der Waals surface area contributed by atoms with Gasteiger partial charge in [0.25, 0.3) is 10.0 Å². The SMILES string of the molecule is [C-]#[N+]c1ccc(-c2ccc(S(=O)(=O)Nc3ccccn3)cc2)cc1. The van der Waals surface area contributed by atoms with E-state index in [-0.39, 0.29) is 10.7 Å². The number of anilines is 1. The lowest BCUT2D eigenvalue weighted by molar-refractivity contribution is 0.601. The molecule has 0 radical (unpaired) electrons. The fourth-order valence-corrected chi connectivity index (χ4v) is 3.18. The van der Waals surface area contributed by atoms with Crippen LogP contribution in [0.2, 0.25) is 0 Å². The maximum atomic E-state index is 12.3. The van der Waals surface area contributed by atoms with Gasteiger partial charge in [-0.15, -0.1) is 0 Å². The van der Waals surface area contributed by atoms with Crippen LogP contribution in [0, 0.1) is 6.57 Å². The summed E-state index contributed by atoms with van der Waals surface area (Å²) in [5.41, 5.74) is 2.37. The molecule has 3 rings (SSSR count). The zero-order chi connectivity index (χ0) is 17.0. The number of rotatable bonds is 4. The molecule has 0 spiro atoms. The van der Waals surface area contributed by atoms with Gasteiger partial charge < -0.3 is 0 Å². The standard InChI is InChI=1S/C18H13N3O2S/c1-19-16-9-5-14(6-10-16)15-7-11-17(12-8-15)24(22,23)21-18-4-2-3-13-20-18/h2-13H,(H,20,21). The van der Waals surface area contributed by atoms with E-state index in [9.17, 15) is 8.42 Å². The molecule has 0 bridgehead atoms. The molecule has 0 aliphatic carbocycles. The maximum absolute atomic E-state index is 12.3. The predicted octanol–water partition coefficient (Wildman–Crippen LogP) is 4.10. The van der Waals surface area contributed by atoms with Gasteiger partial charge in [-0.2, -0.15) is 0 Å². The molecular weight excluding hydrogens is 322 g/mol. The minimum Gasteiger partial charge on any atom is -0.263 e. The molecule has 0 aliphatic rings. The van der Waals surface area contributed by atoms with Crippen LogP contribution in [0.25, 0.3) is 16.0 Å². The molecule has 0 fully saturated rings. The largest absolute Gasteiger partial charge is 0.263 e. The molecule has 1 N–H and O–H groups in total. The van der Waals surface area contributed by atoms with Crippen LogP contribution in [-0.4, -0.2) is 13.4 Å². The lowest BCUT2D eigenvalue weighted by atomic mass is 10.1. The van der Waals surface area contributed by atoms with E-state index < -0.39 is 10.0 Å². The second-order valence-electron chi connectivity index (χ2n) is 5.00. The lowest BCUT2D eigenvalue weighted by Crippen LogP contribution is -2.13. The first-order valence-corrected chi connectivity index (χ1v) is 8.59. The van der Waals surface area contributed by atoms with Crippen LogP contribution in [0.4, 0.5) is 11.5 Å². The normalized spacial score (nSPS) is 10.8. The van der Waals surface area contributed by atoms with Crippen molar-refractivity contribution in [1.29, 1.82) is 0 Å². The summed E-state index contributed by atoms with van der Waals surface area (Å²) in [5.74, 6) is 0.274. The van der Waals surface area contributed by atoms with Gasteiger partial charge in [-0.3, -0.25) is 4.72 Å². The van der Waals surface area contributed by atoms with Crippen LogP contribution in [0.5, 0.6) is 0 Å². The number of nitrogens with one attached hydrogen (secondary N) is 1. The minimum atomic E-state index is -3.68. The summed E-state index contributed by atoms with van der Waals surface area (Å²) in [6.07, 6.45) is 1.52. The van der Waals surface area contributed by atoms with Gasteiger partial charge in [-0.05, 0) is 35.4 Å². The van der Waals surface area contributed by atoms with Crippen LogP contribution in [0.15, 0.2) is 77.8 Å². The van der Waals surface area contributed by atoms with Crippen LogP contribution >= 0.6 is 0 Å². The third kappa shape index (κ3) is 3.42. The molecule has 0 saturated carbocycles. The Balaban J connectivity index is 1.84. The second kappa shape index (κ2) is 6.52. The highest BCUT2D eigenvalue weighted by Gasteiger charge is 2.14. The average molecular weight is 335 g/mol. The summed E-state index contributed by atoms with van der Waals surface area (Å²) in [5, 5.41) is 0. The van der Waals surface area contributed by atoms with E-state index in [1.54, 1.807) is 54.6 Å². The summed E-state index contributed by atoms with van der Waals surface area (Å²) in [6, 6.07) is 18.7. The van der Waals surface area contributed by atoms with Gasteiger partial charge in [0.05, 0.1) is 11.5 Å². The quantitative estimate of drug-likeness (QED) is 0.730. The summed E-state index contributed by atoms with van der Waals surface area (Å²) in [4.78, 5) is 7.47. The highest BCUT2D eigenvalue weighted by molar-refractivity contribution is 7.92. The van der Waals surface area contributed by atoms with Crippen LogP contribution in [0.1, 0.15) is 0 Å². The Bertz CT molecular complexity index is 975. The molecule has 0 aliphatic heterocycles. The number of hydrogen-bond donors (Lipinski definition) is 1. The topological polar surface area (TPSA) is 63.4 Å². The molecule has 0 atom stereocenters. The summed E-state index contributed by atoms with van der Waals surface area (Å²) < 4.78 is 27.1. The molecule has 2 aromatic carbocycles. The molecule has 24 heavy (non-hydrogen) atoms. The van der Waals surface area contributed by atoms with Crippen molar-refractivity contribution in [3.63, 3.8) is 0 Å². The van der Waals surface area contributed by atoms with Crippen LogP contribution < -0.4 is 4.72 Å². The molecule has 3 aromatic rings. The number of aromatic nitrogens is 1. The number of sulfonamides is 1. The van der Waals surface area contributed by atoms with Gasteiger partial charge in [0, 0.05) is 6.20 Å². The van der Waals surface area contributed by atoms with Crippen molar-refractivity contribution >= 4 is 21.5 Å². The van der Waals surface area contributed by atoms with Gasteiger partial charge in [0.2, 0.25) is 0 Å². The third-order valence-corrected chi connectivity index (χ3v) is 4.77. The molecular formula is C18H13N3O2S. The van der Waals surface area contributed by atoms with E-state index in [0.717, 1.165) is 11.1 Å². The first kappa shape index (κ1) is 15.7. The fourth-order valence-electron chi connectivity index (χ4n) is 2.17. The van der Waals surface area contributed by atoms with E-state index >= 15 is 0 Å².